The van der Waals surface area contributed by atoms with Crippen LogP contribution in [0.4, 0.5) is 14.5 Å². The first-order valence-electron chi connectivity index (χ1n) is 12.9. The molecular weight excluding hydrogens is 508 g/mol. The summed E-state index contributed by atoms with van der Waals surface area (Å²) in [6.45, 7) is 7.01. The number of nitrogens with one attached hydrogen (secondary N) is 1. The standard InChI is InChI=1S/C28H29F2N5O4/c1-26(2,3)23-11-16-10-18(5-6-20(16)35(23)14-19(36)13-24-31-15-32-34-24)33-25(37)27(8-9-27)17-4-7-21-22(12-17)39-28(29,30)38-21/h4-7,10-12,19,36H,8-9,13-15H2,1-3H3,(H,33,37). The number of aliphatic hydroxyl groups is 1. The summed E-state index contributed by atoms with van der Waals surface area (Å²) < 4.78 is 38.1. The Balaban J connectivity index is 1.24. The molecule has 1 unspecified atom stereocenters. The normalized spacial score (nSPS) is 19.3. The first-order chi connectivity index (χ1) is 18.4. The number of benzene rings is 2. The van der Waals surface area contributed by atoms with E-state index < -0.39 is 17.8 Å². The molecule has 1 saturated carbocycles. The van der Waals surface area contributed by atoms with Gasteiger partial charge in [-0.3, -0.25) is 4.79 Å². The van der Waals surface area contributed by atoms with Gasteiger partial charge in [-0.05, 0) is 54.8 Å². The average Bonchev–Trinajstić information content (AvgIpc) is 3.18. The molecule has 0 radical (unpaired) electrons. The van der Waals surface area contributed by atoms with Crippen molar-refractivity contribution < 1.29 is 28.2 Å². The quantitative estimate of drug-likeness (QED) is 0.415. The van der Waals surface area contributed by atoms with Crippen LogP contribution in [-0.2, 0) is 22.2 Å². The Hall–Kier alpha value is -3.86. The van der Waals surface area contributed by atoms with Gasteiger partial charge >= 0.3 is 6.29 Å². The summed E-state index contributed by atoms with van der Waals surface area (Å²) in [7, 11) is 0. The molecule has 1 fully saturated rings. The van der Waals surface area contributed by atoms with Crippen LogP contribution in [0.3, 0.4) is 0 Å². The third-order valence-electron chi connectivity index (χ3n) is 7.38. The van der Waals surface area contributed by atoms with Crippen molar-refractivity contribution in [2.75, 3.05) is 12.0 Å². The zero-order valence-electron chi connectivity index (χ0n) is 21.9. The number of nitrogens with zero attached hydrogens (tertiary/aromatic N) is 4. The van der Waals surface area contributed by atoms with E-state index in [4.69, 9.17) is 0 Å². The molecule has 2 N–H and O–H groups in total. The van der Waals surface area contributed by atoms with Gasteiger partial charge in [0, 0.05) is 40.7 Å². The van der Waals surface area contributed by atoms with E-state index in [0.717, 1.165) is 16.6 Å². The van der Waals surface area contributed by atoms with Crippen LogP contribution < -0.4 is 14.8 Å². The summed E-state index contributed by atoms with van der Waals surface area (Å²) in [4.78, 5) is 17.6. The number of carbonyl (C=O) groups is 1. The lowest BCUT2D eigenvalue weighted by Gasteiger charge is -2.23. The minimum atomic E-state index is -3.70. The SMILES string of the molecule is CC(C)(C)c1cc2cc(NC(=O)C3(c4ccc5c(c4)OC(F)(F)O5)CC3)ccc2n1CC(O)CC1=NCN=N1. The number of rotatable bonds is 7. The number of aliphatic hydroxyl groups excluding tert-OH is 1. The number of anilines is 1. The Labute approximate surface area is 223 Å². The number of azo groups is 1. The minimum Gasteiger partial charge on any atom is -0.395 e. The maximum atomic E-state index is 13.5. The second-order valence-corrected chi connectivity index (χ2v) is 11.3. The Morgan fingerprint density at radius 2 is 1.90 bits per heavy atom. The van der Waals surface area contributed by atoms with Gasteiger partial charge in [0.1, 0.15) is 5.84 Å². The van der Waals surface area contributed by atoms with E-state index in [-0.39, 0.29) is 22.8 Å². The molecule has 6 rings (SSSR count). The molecular formula is C28H29F2N5O4. The summed E-state index contributed by atoms with van der Waals surface area (Å²) in [6.07, 6.45) is -2.87. The fourth-order valence-electron chi connectivity index (χ4n) is 5.29. The van der Waals surface area contributed by atoms with Crippen LogP contribution in [0, 0.1) is 0 Å². The number of hydrogen-bond donors (Lipinski definition) is 2. The van der Waals surface area contributed by atoms with Gasteiger partial charge < -0.3 is 24.5 Å². The Bertz CT molecular complexity index is 1530. The van der Waals surface area contributed by atoms with E-state index in [1.54, 1.807) is 6.07 Å². The maximum Gasteiger partial charge on any atom is 0.586 e. The summed E-state index contributed by atoms with van der Waals surface area (Å²) in [5.74, 6) is 0.228. The zero-order chi connectivity index (χ0) is 27.6. The summed E-state index contributed by atoms with van der Waals surface area (Å²) in [5, 5.41) is 22.5. The lowest BCUT2D eigenvalue weighted by atomic mass is 9.92. The van der Waals surface area contributed by atoms with Gasteiger partial charge in [-0.15, -0.1) is 13.9 Å². The molecule has 3 aliphatic rings. The highest BCUT2D eigenvalue weighted by Crippen LogP contribution is 2.52. The third-order valence-corrected chi connectivity index (χ3v) is 7.38. The number of halogens is 2. The van der Waals surface area contributed by atoms with Crippen LogP contribution in [0.25, 0.3) is 10.9 Å². The Morgan fingerprint density at radius 1 is 1.13 bits per heavy atom. The number of alkyl halides is 2. The Morgan fingerprint density at radius 3 is 2.59 bits per heavy atom. The smallest absolute Gasteiger partial charge is 0.395 e. The number of hydrogen-bond acceptors (Lipinski definition) is 7. The highest BCUT2D eigenvalue weighted by atomic mass is 19.3. The molecule has 0 spiro atoms. The molecule has 9 nitrogen and oxygen atoms in total. The van der Waals surface area contributed by atoms with Crippen molar-refractivity contribution in [2.24, 2.45) is 15.2 Å². The van der Waals surface area contributed by atoms with Crippen LogP contribution in [0.1, 0.15) is 51.3 Å². The summed E-state index contributed by atoms with van der Waals surface area (Å²) >= 11 is 0. The predicted molar refractivity (Wildman–Crippen MR) is 141 cm³/mol. The predicted octanol–water partition coefficient (Wildman–Crippen LogP) is 5.50. The van der Waals surface area contributed by atoms with Crippen molar-refractivity contribution in [2.45, 2.75) is 69.8 Å². The molecule has 39 heavy (non-hydrogen) atoms. The lowest BCUT2D eigenvalue weighted by Crippen LogP contribution is -2.28. The maximum absolute atomic E-state index is 13.5. The fourth-order valence-corrected chi connectivity index (χ4v) is 5.29. The van der Waals surface area contributed by atoms with E-state index in [2.05, 4.69) is 61.4 Å². The van der Waals surface area contributed by atoms with Gasteiger partial charge in [-0.25, -0.2) is 4.99 Å². The summed E-state index contributed by atoms with van der Waals surface area (Å²) in [6, 6.07) is 12.3. The first kappa shape index (κ1) is 25.4. The molecule has 11 heteroatoms. The molecule has 2 aromatic carbocycles. The van der Waals surface area contributed by atoms with Crippen LogP contribution in [0.2, 0.25) is 0 Å². The molecule has 1 atom stereocenters. The van der Waals surface area contributed by atoms with Crippen LogP contribution in [0.15, 0.2) is 57.7 Å². The van der Waals surface area contributed by atoms with Gasteiger partial charge in [-0.1, -0.05) is 26.8 Å². The number of aliphatic imine (C=N–C) groups is 1. The number of aromatic nitrogens is 1. The van der Waals surface area contributed by atoms with Crippen molar-refractivity contribution in [3.05, 3.63) is 53.7 Å². The zero-order valence-corrected chi connectivity index (χ0v) is 21.9. The molecule has 204 valence electrons. The molecule has 0 saturated heterocycles. The van der Waals surface area contributed by atoms with Gasteiger partial charge in [-0.2, -0.15) is 5.11 Å². The van der Waals surface area contributed by atoms with Gasteiger partial charge in [0.25, 0.3) is 0 Å². The number of carbonyl (C=O) groups excluding carboxylic acids is 1. The molecule has 3 aromatic rings. The molecule has 1 aromatic heterocycles. The molecule has 1 amide bonds. The third kappa shape index (κ3) is 4.75. The number of fused-ring (bicyclic) bond motifs is 2. The van der Waals surface area contributed by atoms with Crippen molar-refractivity contribution in [3.8, 4) is 11.5 Å². The second kappa shape index (κ2) is 8.84. The number of amidine groups is 1. The first-order valence-corrected chi connectivity index (χ1v) is 12.9. The van der Waals surface area contributed by atoms with Crippen LogP contribution in [-0.4, -0.2) is 40.5 Å². The van der Waals surface area contributed by atoms with Crippen molar-refractivity contribution in [3.63, 3.8) is 0 Å². The molecule has 0 bridgehead atoms. The van der Waals surface area contributed by atoms with Crippen LogP contribution >= 0.6 is 0 Å². The van der Waals surface area contributed by atoms with Gasteiger partial charge in [0.05, 0.1) is 11.5 Å². The minimum absolute atomic E-state index is 0.0460. The number of ether oxygens (including phenoxy) is 2. The van der Waals surface area contributed by atoms with E-state index in [0.29, 0.717) is 49.6 Å². The monoisotopic (exact) mass is 537 g/mol. The van der Waals surface area contributed by atoms with Crippen molar-refractivity contribution in [1.82, 2.24) is 4.57 Å². The molecule has 1 aliphatic carbocycles. The average molecular weight is 538 g/mol. The van der Waals surface area contributed by atoms with E-state index in [1.807, 2.05) is 18.2 Å². The summed E-state index contributed by atoms with van der Waals surface area (Å²) in [5.41, 5.74) is 2.22. The number of amides is 1. The second-order valence-electron chi connectivity index (χ2n) is 11.3. The van der Waals surface area contributed by atoms with Crippen LogP contribution in [0.5, 0.6) is 11.5 Å². The van der Waals surface area contributed by atoms with Crippen molar-refractivity contribution >= 4 is 28.3 Å². The molecule has 3 heterocycles. The topological polar surface area (TPSA) is 110 Å². The van der Waals surface area contributed by atoms with Crippen molar-refractivity contribution in [1.29, 1.82) is 0 Å². The van der Waals surface area contributed by atoms with Gasteiger partial charge in [0.15, 0.2) is 18.2 Å². The highest BCUT2D eigenvalue weighted by Gasteiger charge is 2.52. The molecule has 2 aliphatic heterocycles. The van der Waals surface area contributed by atoms with E-state index in [9.17, 15) is 18.7 Å². The lowest BCUT2D eigenvalue weighted by molar-refractivity contribution is -0.286. The Kier molecular flexibility index (Phi) is 5.76. The van der Waals surface area contributed by atoms with E-state index >= 15 is 0 Å². The van der Waals surface area contributed by atoms with Gasteiger partial charge in [0.2, 0.25) is 5.91 Å². The largest absolute Gasteiger partial charge is 0.586 e. The highest BCUT2D eigenvalue weighted by molar-refractivity contribution is 6.02. The van der Waals surface area contributed by atoms with E-state index in [1.165, 1.54) is 12.1 Å². The fraction of sp³-hybridized carbons (Fsp3) is 0.429.